The average molecular weight is 335 g/mol. The molecule has 24 heavy (non-hydrogen) atoms. The summed E-state index contributed by atoms with van der Waals surface area (Å²) in [4.78, 5) is 40.3. The van der Waals surface area contributed by atoms with Gasteiger partial charge < -0.3 is 14.6 Å². The second kappa shape index (κ2) is 5.64. The van der Waals surface area contributed by atoms with Gasteiger partial charge in [-0.05, 0) is 6.07 Å². The summed E-state index contributed by atoms with van der Waals surface area (Å²) in [5.41, 5.74) is 2.57. The molecule has 12 heteroatoms. The van der Waals surface area contributed by atoms with E-state index in [0.29, 0.717) is 0 Å². The van der Waals surface area contributed by atoms with Crippen molar-refractivity contribution in [2.75, 3.05) is 14.1 Å². The Kier molecular flexibility index (Phi) is 3.63. The molecule has 0 aromatic carbocycles. The first-order valence-electron chi connectivity index (χ1n) is 6.80. The van der Waals surface area contributed by atoms with E-state index in [1.807, 2.05) is 0 Å². The second-order valence-electron chi connectivity index (χ2n) is 5.11. The van der Waals surface area contributed by atoms with Gasteiger partial charge in [0, 0.05) is 14.1 Å². The predicted molar refractivity (Wildman–Crippen MR) is 80.2 cm³/mol. The largest absolute Gasteiger partial charge is 0.433 e. The third kappa shape index (κ3) is 2.53. The van der Waals surface area contributed by atoms with E-state index in [4.69, 9.17) is 4.42 Å². The number of carbonyl (C=O) groups is 2. The molecule has 2 atom stereocenters. The molecular weight excluding hydrogens is 322 g/mol. The molecule has 12 nitrogen and oxygen atoms in total. The quantitative estimate of drug-likeness (QED) is 0.421. The van der Waals surface area contributed by atoms with Crippen molar-refractivity contribution in [2.45, 2.75) is 12.2 Å². The zero-order valence-electron chi connectivity index (χ0n) is 12.7. The highest BCUT2D eigenvalue weighted by Gasteiger charge is 2.46. The molecule has 3 heterocycles. The van der Waals surface area contributed by atoms with Gasteiger partial charge in [0.25, 0.3) is 5.91 Å². The van der Waals surface area contributed by atoms with Gasteiger partial charge in [-0.1, -0.05) is 0 Å². The summed E-state index contributed by atoms with van der Waals surface area (Å²) < 4.78 is 4.90. The van der Waals surface area contributed by atoms with Gasteiger partial charge in [-0.25, -0.2) is 15.2 Å². The fraction of sp³-hybridized carbons (Fsp3) is 0.333. The van der Waals surface area contributed by atoms with E-state index in [1.54, 1.807) is 7.05 Å². The van der Waals surface area contributed by atoms with Gasteiger partial charge in [-0.15, -0.1) is 0 Å². The van der Waals surface area contributed by atoms with Crippen molar-refractivity contribution >= 4 is 30.0 Å². The fourth-order valence-electron chi connectivity index (χ4n) is 2.35. The minimum absolute atomic E-state index is 0.174. The van der Waals surface area contributed by atoms with Crippen LogP contribution in [0.25, 0.3) is 0 Å². The smallest absolute Gasteiger partial charge is 0.400 e. The number of nitro groups is 1. The van der Waals surface area contributed by atoms with E-state index in [1.165, 1.54) is 30.3 Å². The SMILES string of the molecule is CN1C(=O)C2NC(N/N=C/c3ccc([N+](=O)[O-])o3)=NC2N(C)C1=O. The molecule has 0 radical (unpaired) electrons. The Balaban J connectivity index is 1.66. The van der Waals surface area contributed by atoms with Crippen molar-refractivity contribution in [2.24, 2.45) is 10.1 Å². The number of hydrogen-bond acceptors (Lipinski definition) is 9. The number of urea groups is 1. The molecule has 2 aliphatic rings. The Labute approximate surface area is 134 Å². The van der Waals surface area contributed by atoms with E-state index in [0.717, 1.165) is 4.90 Å². The number of carbonyl (C=O) groups excluding carboxylic acids is 2. The third-order valence-corrected chi connectivity index (χ3v) is 3.59. The maximum absolute atomic E-state index is 12.1. The highest BCUT2D eigenvalue weighted by molar-refractivity contribution is 6.03. The van der Waals surface area contributed by atoms with Crippen LogP contribution in [0.3, 0.4) is 0 Å². The maximum atomic E-state index is 12.1. The minimum atomic E-state index is -0.694. The zero-order valence-corrected chi connectivity index (χ0v) is 12.7. The molecule has 0 aliphatic carbocycles. The van der Waals surface area contributed by atoms with Crippen molar-refractivity contribution in [3.63, 3.8) is 0 Å². The van der Waals surface area contributed by atoms with Crippen LogP contribution in [0, 0.1) is 10.1 Å². The number of hydrogen-bond donors (Lipinski definition) is 2. The lowest BCUT2D eigenvalue weighted by atomic mass is 10.1. The molecule has 2 N–H and O–H groups in total. The van der Waals surface area contributed by atoms with E-state index in [-0.39, 0.29) is 11.7 Å². The van der Waals surface area contributed by atoms with E-state index in [2.05, 4.69) is 20.8 Å². The number of rotatable bonds is 3. The number of amides is 3. The summed E-state index contributed by atoms with van der Waals surface area (Å²) in [5.74, 6) is -0.416. The van der Waals surface area contributed by atoms with Gasteiger partial charge >= 0.3 is 11.9 Å². The molecule has 0 spiro atoms. The number of likely N-dealkylation sites (N-methyl/N-ethyl adjacent to an activating group) is 2. The molecule has 3 rings (SSSR count). The van der Waals surface area contributed by atoms with Crippen LogP contribution in [0.5, 0.6) is 0 Å². The van der Waals surface area contributed by atoms with Gasteiger partial charge in [0.15, 0.2) is 11.9 Å². The lowest BCUT2D eigenvalue weighted by molar-refractivity contribution is -0.402. The number of hydrazone groups is 1. The molecular formula is C12H13N7O5. The van der Waals surface area contributed by atoms with Crippen LogP contribution in [0.4, 0.5) is 10.7 Å². The summed E-state index contributed by atoms with van der Waals surface area (Å²) in [6.07, 6.45) is 0.561. The molecule has 2 aliphatic heterocycles. The van der Waals surface area contributed by atoms with E-state index < -0.39 is 35.0 Å². The molecule has 126 valence electrons. The Morgan fingerprint density at radius 2 is 2.21 bits per heavy atom. The van der Waals surface area contributed by atoms with Gasteiger partial charge in [0.05, 0.1) is 12.3 Å². The molecule has 1 aromatic heterocycles. The summed E-state index contributed by atoms with van der Waals surface area (Å²) in [6.45, 7) is 0. The topological polar surface area (TPSA) is 146 Å². The van der Waals surface area contributed by atoms with Crippen LogP contribution in [0.2, 0.25) is 0 Å². The third-order valence-electron chi connectivity index (χ3n) is 3.59. The molecule has 0 saturated carbocycles. The van der Waals surface area contributed by atoms with Crippen molar-refractivity contribution < 1.29 is 18.9 Å². The Hall–Kier alpha value is -3.44. The first-order chi connectivity index (χ1) is 11.4. The van der Waals surface area contributed by atoms with E-state index >= 15 is 0 Å². The molecule has 3 amide bonds. The lowest BCUT2D eigenvalue weighted by Crippen LogP contribution is -2.63. The van der Waals surface area contributed by atoms with Crippen LogP contribution >= 0.6 is 0 Å². The second-order valence-corrected chi connectivity index (χ2v) is 5.11. The highest BCUT2D eigenvalue weighted by Crippen LogP contribution is 2.19. The molecule has 1 fully saturated rings. The molecule has 1 saturated heterocycles. The summed E-state index contributed by atoms with van der Waals surface area (Å²) in [7, 11) is 2.94. The van der Waals surface area contributed by atoms with Gasteiger partial charge in [0.2, 0.25) is 5.96 Å². The average Bonchev–Trinajstić information content (AvgIpc) is 3.18. The maximum Gasteiger partial charge on any atom is 0.433 e. The Morgan fingerprint density at radius 3 is 2.88 bits per heavy atom. The van der Waals surface area contributed by atoms with Crippen LogP contribution < -0.4 is 10.7 Å². The fourth-order valence-corrected chi connectivity index (χ4v) is 2.35. The summed E-state index contributed by atoms with van der Waals surface area (Å²) in [6, 6.07) is 1.45. The van der Waals surface area contributed by atoms with E-state index in [9.17, 15) is 19.7 Å². The molecule has 1 aromatic rings. The Bertz CT molecular complexity index is 770. The zero-order chi connectivity index (χ0) is 17.4. The van der Waals surface area contributed by atoms with Crippen LogP contribution in [0.15, 0.2) is 26.6 Å². The number of furan rings is 1. The standard InChI is InChI=1S/C12H13N7O5/c1-17-9-8(10(20)18(2)12(17)21)14-11(15-9)16-13-5-6-3-4-7(24-6)19(22)23/h3-5,8-9H,1-2H3,(H2,14,15,16)/b13-5+. The number of guanidine groups is 1. The van der Waals surface area contributed by atoms with Gasteiger partial charge in [0.1, 0.15) is 11.0 Å². The number of aliphatic imine (C=N–C) groups is 1. The normalized spacial score (nSPS) is 23.3. The predicted octanol–water partition coefficient (Wildman–Crippen LogP) is -0.711. The van der Waals surface area contributed by atoms with Gasteiger partial charge in [-0.3, -0.25) is 19.8 Å². The van der Waals surface area contributed by atoms with Crippen molar-refractivity contribution in [3.8, 4) is 0 Å². The van der Waals surface area contributed by atoms with Crippen molar-refractivity contribution in [3.05, 3.63) is 28.0 Å². The molecule has 2 unspecified atom stereocenters. The molecule has 0 bridgehead atoms. The van der Waals surface area contributed by atoms with Crippen LogP contribution in [-0.2, 0) is 4.79 Å². The first-order valence-corrected chi connectivity index (χ1v) is 6.80. The summed E-state index contributed by atoms with van der Waals surface area (Å²) >= 11 is 0. The number of imide groups is 1. The number of nitrogens with zero attached hydrogens (tertiary/aromatic N) is 5. The van der Waals surface area contributed by atoms with Crippen LogP contribution in [0.1, 0.15) is 5.76 Å². The summed E-state index contributed by atoms with van der Waals surface area (Å²) in [5, 5.41) is 17.2. The minimum Gasteiger partial charge on any atom is -0.400 e. The van der Waals surface area contributed by atoms with Crippen molar-refractivity contribution in [1.82, 2.24) is 20.5 Å². The first kappa shape index (κ1) is 15.5. The van der Waals surface area contributed by atoms with Crippen LogP contribution in [-0.4, -0.2) is 65.1 Å². The number of fused-ring (bicyclic) bond motifs is 1. The monoisotopic (exact) mass is 335 g/mol. The highest BCUT2D eigenvalue weighted by atomic mass is 16.6. The van der Waals surface area contributed by atoms with Gasteiger partial charge in [-0.2, -0.15) is 5.10 Å². The lowest BCUT2D eigenvalue weighted by Gasteiger charge is -2.36. The number of nitrogens with one attached hydrogen (secondary N) is 2. The van der Waals surface area contributed by atoms with Crippen molar-refractivity contribution in [1.29, 1.82) is 0 Å². The Morgan fingerprint density at radius 1 is 1.46 bits per heavy atom.